The third-order valence-corrected chi connectivity index (χ3v) is 4.86. The normalized spacial score (nSPS) is 11.3. The van der Waals surface area contributed by atoms with E-state index in [1.807, 2.05) is 24.4 Å². The lowest BCUT2D eigenvalue weighted by molar-refractivity contribution is 0.959. The predicted octanol–water partition coefficient (Wildman–Crippen LogP) is 5.46. The molecule has 0 aliphatic carbocycles. The van der Waals surface area contributed by atoms with E-state index in [1.165, 1.54) is 10.8 Å². The minimum absolute atomic E-state index is 0.912. The molecule has 0 spiro atoms. The van der Waals surface area contributed by atoms with Crippen LogP contribution in [0.15, 0.2) is 85.1 Å². The summed E-state index contributed by atoms with van der Waals surface area (Å²) in [6.07, 6.45) is 1.87. The third-order valence-electron chi connectivity index (χ3n) is 4.86. The van der Waals surface area contributed by atoms with Gasteiger partial charge in [-0.25, -0.2) is 4.98 Å². The summed E-state index contributed by atoms with van der Waals surface area (Å²) in [6, 6.07) is 27.2. The molecule has 0 N–H and O–H groups in total. The van der Waals surface area contributed by atoms with E-state index in [0.717, 1.165) is 33.7 Å². The van der Waals surface area contributed by atoms with Gasteiger partial charge in [0.1, 0.15) is 11.3 Å². The molecule has 0 bridgehead atoms. The van der Waals surface area contributed by atoms with Gasteiger partial charge in [-0.15, -0.1) is 0 Å². The molecule has 26 heavy (non-hydrogen) atoms. The second-order valence-electron chi connectivity index (χ2n) is 6.45. The number of hydrogen-bond donors (Lipinski definition) is 0. The number of aryl methyl sites for hydroxylation is 1. The summed E-state index contributed by atoms with van der Waals surface area (Å²) in [5.41, 5.74) is 5.22. The van der Waals surface area contributed by atoms with Crippen molar-refractivity contribution in [2.45, 2.75) is 0 Å². The minimum atomic E-state index is 0.912. The highest BCUT2D eigenvalue weighted by Crippen LogP contribution is 2.30. The molecule has 0 unspecified atom stereocenters. The average molecular weight is 335 g/mol. The van der Waals surface area contributed by atoms with Crippen LogP contribution < -0.4 is 0 Å². The van der Waals surface area contributed by atoms with Crippen LogP contribution in [0.1, 0.15) is 0 Å². The highest BCUT2D eigenvalue weighted by atomic mass is 15.1. The molecule has 0 aliphatic rings. The molecule has 3 heteroatoms. The van der Waals surface area contributed by atoms with Gasteiger partial charge in [0.15, 0.2) is 0 Å². The van der Waals surface area contributed by atoms with Crippen LogP contribution in [0, 0.1) is 0 Å². The first-order valence-electron chi connectivity index (χ1n) is 8.67. The number of imidazole rings is 1. The number of rotatable bonds is 2. The molecule has 2 aromatic heterocycles. The molecule has 0 saturated carbocycles. The minimum Gasteiger partial charge on any atom is -0.327 e. The lowest BCUT2D eigenvalue weighted by atomic mass is 10.0. The maximum absolute atomic E-state index is 4.78. The quantitative estimate of drug-likeness (QED) is 0.429. The summed E-state index contributed by atoms with van der Waals surface area (Å²) >= 11 is 0. The van der Waals surface area contributed by atoms with E-state index in [4.69, 9.17) is 9.97 Å². The maximum Gasteiger partial charge on any atom is 0.140 e. The Hall–Kier alpha value is -3.46. The van der Waals surface area contributed by atoms with E-state index in [9.17, 15) is 0 Å². The van der Waals surface area contributed by atoms with E-state index < -0.39 is 0 Å². The fourth-order valence-corrected chi connectivity index (χ4v) is 3.54. The van der Waals surface area contributed by atoms with E-state index in [0.29, 0.717) is 0 Å². The molecule has 5 aromatic rings. The zero-order valence-corrected chi connectivity index (χ0v) is 14.4. The Bertz CT molecular complexity index is 1230. The SMILES string of the molecule is Cn1c(-c2ccccc2)nc2cnc(-c3cccc4ccccc34)cc21. The van der Waals surface area contributed by atoms with Crippen molar-refractivity contribution >= 4 is 21.8 Å². The van der Waals surface area contributed by atoms with E-state index in [-0.39, 0.29) is 0 Å². The van der Waals surface area contributed by atoms with Crippen molar-refractivity contribution in [2.75, 3.05) is 0 Å². The molecular weight excluding hydrogens is 318 g/mol. The molecule has 0 atom stereocenters. The number of hydrogen-bond acceptors (Lipinski definition) is 2. The standard InChI is InChI=1S/C23H17N3/c1-26-22-14-20(19-13-7-11-16-8-5-6-12-18(16)19)24-15-21(22)25-23(26)17-9-3-2-4-10-17/h2-15H,1H3. The van der Waals surface area contributed by atoms with Crippen LogP contribution in [0.5, 0.6) is 0 Å². The molecule has 2 heterocycles. The Morgan fingerprint density at radius 3 is 2.46 bits per heavy atom. The van der Waals surface area contributed by atoms with Crippen LogP contribution in [0.2, 0.25) is 0 Å². The van der Waals surface area contributed by atoms with Gasteiger partial charge in [0.2, 0.25) is 0 Å². The Kier molecular flexibility index (Phi) is 3.32. The highest BCUT2D eigenvalue weighted by Gasteiger charge is 2.12. The number of benzene rings is 3. The number of fused-ring (bicyclic) bond motifs is 2. The summed E-state index contributed by atoms with van der Waals surface area (Å²) in [5, 5.41) is 2.44. The Balaban J connectivity index is 1.72. The van der Waals surface area contributed by atoms with Gasteiger partial charge in [-0.1, -0.05) is 72.8 Å². The van der Waals surface area contributed by atoms with Gasteiger partial charge >= 0.3 is 0 Å². The first-order chi connectivity index (χ1) is 12.8. The van der Waals surface area contributed by atoms with Gasteiger partial charge in [-0.2, -0.15) is 0 Å². The lowest BCUT2D eigenvalue weighted by Gasteiger charge is -2.07. The molecule has 3 aromatic carbocycles. The zero-order chi connectivity index (χ0) is 17.5. The van der Waals surface area contributed by atoms with Gasteiger partial charge in [0, 0.05) is 18.2 Å². The summed E-state index contributed by atoms with van der Waals surface area (Å²) in [7, 11) is 2.06. The smallest absolute Gasteiger partial charge is 0.140 e. The fraction of sp³-hybridized carbons (Fsp3) is 0.0435. The third kappa shape index (κ3) is 2.29. The Labute approximate surface area is 151 Å². The molecule has 0 amide bonds. The molecule has 0 radical (unpaired) electrons. The topological polar surface area (TPSA) is 30.7 Å². The molecule has 124 valence electrons. The molecule has 0 saturated heterocycles. The van der Waals surface area contributed by atoms with Crippen molar-refractivity contribution in [3.63, 3.8) is 0 Å². The lowest BCUT2D eigenvalue weighted by Crippen LogP contribution is -1.93. The number of aromatic nitrogens is 3. The van der Waals surface area contributed by atoms with Crippen LogP contribution in [0.3, 0.4) is 0 Å². The van der Waals surface area contributed by atoms with Crippen LogP contribution in [0.25, 0.3) is 44.5 Å². The largest absolute Gasteiger partial charge is 0.327 e. The number of pyridine rings is 1. The summed E-state index contributed by atoms with van der Waals surface area (Å²) in [4.78, 5) is 9.48. The zero-order valence-electron chi connectivity index (χ0n) is 14.4. The average Bonchev–Trinajstić information content (AvgIpc) is 3.04. The van der Waals surface area contributed by atoms with E-state index in [2.05, 4.69) is 72.3 Å². The Morgan fingerprint density at radius 1 is 0.808 bits per heavy atom. The fourth-order valence-electron chi connectivity index (χ4n) is 3.54. The van der Waals surface area contributed by atoms with Crippen molar-refractivity contribution in [2.24, 2.45) is 7.05 Å². The Morgan fingerprint density at radius 2 is 1.58 bits per heavy atom. The van der Waals surface area contributed by atoms with Crippen LogP contribution in [-0.4, -0.2) is 14.5 Å². The van der Waals surface area contributed by atoms with E-state index >= 15 is 0 Å². The van der Waals surface area contributed by atoms with Gasteiger partial charge in [-0.05, 0) is 16.8 Å². The molecule has 0 fully saturated rings. The first-order valence-corrected chi connectivity index (χ1v) is 8.67. The second kappa shape index (κ2) is 5.81. The van der Waals surface area contributed by atoms with Gasteiger partial charge in [0.25, 0.3) is 0 Å². The second-order valence-corrected chi connectivity index (χ2v) is 6.45. The van der Waals surface area contributed by atoms with Crippen molar-refractivity contribution in [1.29, 1.82) is 0 Å². The van der Waals surface area contributed by atoms with Gasteiger partial charge < -0.3 is 4.57 Å². The molecule has 3 nitrogen and oxygen atoms in total. The molecular formula is C23H17N3. The predicted molar refractivity (Wildman–Crippen MR) is 107 cm³/mol. The summed E-state index contributed by atoms with van der Waals surface area (Å²) in [5.74, 6) is 0.956. The maximum atomic E-state index is 4.78. The first kappa shape index (κ1) is 14.8. The van der Waals surface area contributed by atoms with Crippen LogP contribution in [-0.2, 0) is 7.05 Å². The highest BCUT2D eigenvalue weighted by molar-refractivity contribution is 5.97. The van der Waals surface area contributed by atoms with Crippen molar-refractivity contribution < 1.29 is 0 Å². The monoisotopic (exact) mass is 335 g/mol. The molecule has 5 rings (SSSR count). The van der Waals surface area contributed by atoms with Crippen molar-refractivity contribution in [3.8, 4) is 22.6 Å². The van der Waals surface area contributed by atoms with Crippen molar-refractivity contribution in [3.05, 3.63) is 85.1 Å². The summed E-state index contributed by atoms with van der Waals surface area (Å²) in [6.45, 7) is 0. The van der Waals surface area contributed by atoms with E-state index in [1.54, 1.807) is 0 Å². The van der Waals surface area contributed by atoms with Gasteiger partial charge in [0.05, 0.1) is 17.4 Å². The summed E-state index contributed by atoms with van der Waals surface area (Å²) < 4.78 is 2.14. The van der Waals surface area contributed by atoms with Crippen LogP contribution >= 0.6 is 0 Å². The van der Waals surface area contributed by atoms with Gasteiger partial charge in [-0.3, -0.25) is 4.98 Å². The molecule has 0 aliphatic heterocycles. The number of nitrogens with zero attached hydrogens (tertiary/aromatic N) is 3. The van der Waals surface area contributed by atoms with Crippen molar-refractivity contribution in [1.82, 2.24) is 14.5 Å². The van der Waals surface area contributed by atoms with Crippen LogP contribution in [0.4, 0.5) is 0 Å².